The van der Waals surface area contributed by atoms with Gasteiger partial charge in [-0.25, -0.2) is 9.78 Å². The molecule has 9 heteroatoms. The van der Waals surface area contributed by atoms with Crippen LogP contribution in [0.15, 0.2) is 30.1 Å². The maximum absolute atomic E-state index is 11.8. The van der Waals surface area contributed by atoms with Crippen LogP contribution in [0.4, 0.5) is 11.5 Å². The molecule has 1 rings (SSSR count). The lowest BCUT2D eigenvalue weighted by atomic mass is 10.2. The van der Waals surface area contributed by atoms with Gasteiger partial charge in [-0.05, 0) is 19.9 Å². The molecule has 0 fully saturated rings. The summed E-state index contributed by atoms with van der Waals surface area (Å²) >= 11 is 0. The Balaban J connectivity index is 2.83. The monoisotopic (exact) mass is 323 g/mol. The molecular weight excluding hydrogens is 306 g/mol. The molecule has 0 amide bonds. The first-order valence-corrected chi connectivity index (χ1v) is 6.86. The zero-order valence-corrected chi connectivity index (χ0v) is 12.8. The fourth-order valence-electron chi connectivity index (χ4n) is 1.51. The van der Waals surface area contributed by atoms with Crippen molar-refractivity contribution >= 4 is 23.4 Å². The molecule has 0 atom stereocenters. The minimum absolute atomic E-state index is 0.0606. The number of esters is 2. The third-order valence-corrected chi connectivity index (χ3v) is 2.53. The zero-order valence-electron chi connectivity index (χ0n) is 12.8. The Labute approximate surface area is 132 Å². The van der Waals surface area contributed by atoms with Gasteiger partial charge in [0.25, 0.3) is 5.69 Å². The lowest BCUT2D eigenvalue weighted by molar-refractivity contribution is -0.385. The Morgan fingerprint density at radius 2 is 2.00 bits per heavy atom. The van der Waals surface area contributed by atoms with E-state index in [4.69, 9.17) is 9.47 Å². The van der Waals surface area contributed by atoms with Gasteiger partial charge in [-0.2, -0.15) is 0 Å². The maximum atomic E-state index is 11.8. The van der Waals surface area contributed by atoms with Gasteiger partial charge in [-0.1, -0.05) is 0 Å². The molecule has 0 aliphatic heterocycles. The Hall–Kier alpha value is -2.97. The number of nitro groups is 1. The second kappa shape index (κ2) is 9.13. The number of nitrogens with one attached hydrogen (secondary N) is 1. The van der Waals surface area contributed by atoms with Gasteiger partial charge in [-0.15, -0.1) is 0 Å². The van der Waals surface area contributed by atoms with Crippen LogP contribution in [0.25, 0.3) is 0 Å². The smallest absolute Gasteiger partial charge is 0.336 e. The van der Waals surface area contributed by atoms with E-state index in [1.165, 1.54) is 18.3 Å². The van der Waals surface area contributed by atoms with Crippen molar-refractivity contribution in [3.8, 4) is 0 Å². The van der Waals surface area contributed by atoms with E-state index in [0.717, 1.165) is 6.20 Å². The summed E-state index contributed by atoms with van der Waals surface area (Å²) in [5, 5.41) is 13.2. The summed E-state index contributed by atoms with van der Waals surface area (Å²) in [4.78, 5) is 37.1. The summed E-state index contributed by atoms with van der Waals surface area (Å²) in [7, 11) is 0. The molecule has 9 nitrogen and oxygen atoms in total. The molecule has 124 valence electrons. The third-order valence-electron chi connectivity index (χ3n) is 2.53. The lowest BCUT2D eigenvalue weighted by Gasteiger charge is -2.07. The summed E-state index contributed by atoms with van der Waals surface area (Å²) in [5.74, 6) is -0.943. The van der Waals surface area contributed by atoms with E-state index in [2.05, 4.69) is 10.3 Å². The average Bonchev–Trinajstić information content (AvgIpc) is 2.52. The number of hydrogen-bond acceptors (Lipinski definition) is 8. The van der Waals surface area contributed by atoms with Crippen LogP contribution in [0.5, 0.6) is 0 Å². The van der Waals surface area contributed by atoms with Crippen molar-refractivity contribution in [1.82, 2.24) is 4.98 Å². The van der Waals surface area contributed by atoms with Gasteiger partial charge in [0.1, 0.15) is 12.0 Å². The van der Waals surface area contributed by atoms with Gasteiger partial charge >= 0.3 is 11.9 Å². The van der Waals surface area contributed by atoms with Gasteiger partial charge in [0, 0.05) is 12.3 Å². The van der Waals surface area contributed by atoms with Crippen LogP contribution < -0.4 is 5.32 Å². The highest BCUT2D eigenvalue weighted by Gasteiger charge is 2.16. The van der Waals surface area contributed by atoms with E-state index in [-0.39, 0.29) is 36.7 Å². The largest absolute Gasteiger partial charge is 0.466 e. The van der Waals surface area contributed by atoms with Crippen LogP contribution in [0.1, 0.15) is 20.3 Å². The van der Waals surface area contributed by atoms with E-state index in [9.17, 15) is 19.7 Å². The van der Waals surface area contributed by atoms with Gasteiger partial charge in [0.15, 0.2) is 0 Å². The molecule has 0 aliphatic rings. The van der Waals surface area contributed by atoms with Crippen LogP contribution in [0.3, 0.4) is 0 Å². The molecular formula is C14H17N3O6. The number of rotatable bonds is 8. The van der Waals surface area contributed by atoms with Crippen molar-refractivity contribution in [3.05, 3.63) is 40.2 Å². The van der Waals surface area contributed by atoms with Crippen molar-refractivity contribution in [2.45, 2.75) is 20.3 Å². The molecule has 0 spiro atoms. The highest BCUT2D eigenvalue weighted by Crippen LogP contribution is 2.13. The quantitative estimate of drug-likeness (QED) is 0.333. The van der Waals surface area contributed by atoms with E-state index in [1.807, 2.05) is 0 Å². The minimum Gasteiger partial charge on any atom is -0.466 e. The standard InChI is InChI=1S/C14H17N3O6/c1-3-22-13(18)7-10(14(19)23-4-2)8-15-12-6-5-11(9-16-12)17(20)21/h5-6,8-9H,3-4,7H2,1-2H3,(H,15,16)/b10-8-. The topological polar surface area (TPSA) is 121 Å². The van der Waals surface area contributed by atoms with E-state index in [0.29, 0.717) is 0 Å². The first-order chi connectivity index (χ1) is 11.0. The van der Waals surface area contributed by atoms with Gasteiger partial charge in [0.05, 0.1) is 30.1 Å². The fourth-order valence-corrected chi connectivity index (χ4v) is 1.51. The van der Waals surface area contributed by atoms with Gasteiger partial charge < -0.3 is 14.8 Å². The van der Waals surface area contributed by atoms with Crippen LogP contribution in [0.2, 0.25) is 0 Å². The van der Waals surface area contributed by atoms with Crippen molar-refractivity contribution in [2.75, 3.05) is 18.5 Å². The molecule has 1 N–H and O–H groups in total. The molecule has 0 saturated heterocycles. The van der Waals surface area contributed by atoms with Crippen LogP contribution >= 0.6 is 0 Å². The molecule has 0 aromatic carbocycles. The Morgan fingerprint density at radius 3 is 2.52 bits per heavy atom. The van der Waals surface area contributed by atoms with Crippen molar-refractivity contribution < 1.29 is 24.0 Å². The van der Waals surface area contributed by atoms with E-state index >= 15 is 0 Å². The number of carbonyl (C=O) groups excluding carboxylic acids is 2. The number of aromatic nitrogens is 1. The van der Waals surface area contributed by atoms with Crippen LogP contribution in [-0.4, -0.2) is 35.1 Å². The van der Waals surface area contributed by atoms with Gasteiger partial charge in [-0.3, -0.25) is 14.9 Å². The number of anilines is 1. The molecule has 0 unspecified atom stereocenters. The number of ether oxygens (including phenoxy) is 2. The maximum Gasteiger partial charge on any atom is 0.336 e. The summed E-state index contributed by atoms with van der Waals surface area (Å²) in [6.45, 7) is 3.66. The average molecular weight is 323 g/mol. The Kier molecular flexibility index (Phi) is 7.18. The normalized spacial score (nSPS) is 10.8. The number of pyridine rings is 1. The number of nitrogens with zero attached hydrogens (tertiary/aromatic N) is 2. The third kappa shape index (κ3) is 6.12. The summed E-state index contributed by atoms with van der Waals surface area (Å²) in [5.41, 5.74) is -0.0953. The molecule has 1 aromatic rings. The zero-order chi connectivity index (χ0) is 17.2. The molecule has 1 aromatic heterocycles. The Bertz CT molecular complexity index is 597. The molecule has 0 radical (unpaired) electrons. The second-order valence-corrected chi connectivity index (χ2v) is 4.17. The molecule has 23 heavy (non-hydrogen) atoms. The second-order valence-electron chi connectivity index (χ2n) is 4.17. The molecule has 0 aliphatic carbocycles. The molecule has 1 heterocycles. The minimum atomic E-state index is -0.657. The predicted octanol–water partition coefficient (Wildman–Crippen LogP) is 1.80. The molecule has 0 saturated carbocycles. The fraction of sp³-hybridized carbons (Fsp3) is 0.357. The highest BCUT2D eigenvalue weighted by molar-refractivity contribution is 5.94. The van der Waals surface area contributed by atoms with Crippen LogP contribution in [-0.2, 0) is 19.1 Å². The van der Waals surface area contributed by atoms with Crippen LogP contribution in [0, 0.1) is 10.1 Å². The van der Waals surface area contributed by atoms with Gasteiger partial charge in [0.2, 0.25) is 0 Å². The summed E-state index contributed by atoms with van der Waals surface area (Å²) < 4.78 is 9.65. The highest BCUT2D eigenvalue weighted by atomic mass is 16.6. The summed E-state index contributed by atoms with van der Waals surface area (Å²) in [6.07, 6.45) is 2.08. The van der Waals surface area contributed by atoms with E-state index < -0.39 is 16.9 Å². The SMILES string of the molecule is CCOC(=O)C/C(=C/Nc1ccc([N+](=O)[O-])cn1)C(=O)OCC. The molecule has 0 bridgehead atoms. The Morgan fingerprint density at radius 1 is 1.30 bits per heavy atom. The van der Waals surface area contributed by atoms with Crippen molar-refractivity contribution in [3.63, 3.8) is 0 Å². The predicted molar refractivity (Wildman–Crippen MR) is 80.5 cm³/mol. The number of carbonyl (C=O) groups is 2. The number of hydrogen-bond donors (Lipinski definition) is 1. The van der Waals surface area contributed by atoms with Crippen molar-refractivity contribution in [1.29, 1.82) is 0 Å². The summed E-state index contributed by atoms with van der Waals surface area (Å²) in [6, 6.07) is 2.64. The van der Waals surface area contributed by atoms with E-state index in [1.54, 1.807) is 13.8 Å². The first kappa shape index (κ1) is 18.1. The van der Waals surface area contributed by atoms with Crippen molar-refractivity contribution in [2.24, 2.45) is 0 Å². The first-order valence-electron chi connectivity index (χ1n) is 6.86. The lowest BCUT2D eigenvalue weighted by Crippen LogP contribution is -2.15.